The molecule has 0 saturated heterocycles. The Bertz CT molecular complexity index is 1000. The van der Waals surface area contributed by atoms with Crippen molar-refractivity contribution in [1.82, 2.24) is 15.5 Å². The summed E-state index contributed by atoms with van der Waals surface area (Å²) in [6.45, 7) is 4.48. The van der Waals surface area contributed by atoms with Crippen LogP contribution < -0.4 is 10.6 Å². The van der Waals surface area contributed by atoms with E-state index in [1.165, 1.54) is 7.05 Å². The van der Waals surface area contributed by atoms with E-state index in [1.54, 1.807) is 31.2 Å². The Hall–Kier alpha value is -3.68. The van der Waals surface area contributed by atoms with Crippen molar-refractivity contribution in [3.8, 4) is 0 Å². The van der Waals surface area contributed by atoms with Crippen molar-refractivity contribution in [2.45, 2.75) is 45.3 Å². The number of nitrogens with zero attached hydrogens (tertiary/aromatic N) is 2. The second-order valence-electron chi connectivity index (χ2n) is 8.16. The predicted molar refractivity (Wildman–Crippen MR) is 126 cm³/mol. The summed E-state index contributed by atoms with van der Waals surface area (Å²) < 4.78 is 0. The van der Waals surface area contributed by atoms with Gasteiger partial charge in [-0.05, 0) is 50.8 Å². The van der Waals surface area contributed by atoms with Crippen LogP contribution in [-0.2, 0) is 16.2 Å². The number of carbonyl (C=O) groups is 3. The molecule has 0 aromatic heterocycles. The van der Waals surface area contributed by atoms with E-state index in [2.05, 4.69) is 15.8 Å². The molecule has 2 N–H and O–H groups in total. The van der Waals surface area contributed by atoms with Gasteiger partial charge in [0, 0.05) is 13.6 Å². The monoisotopic (exact) mass is 450 g/mol. The van der Waals surface area contributed by atoms with Gasteiger partial charge in [0.05, 0.1) is 11.1 Å². The maximum Gasteiger partial charge on any atom is 0.262 e. The smallest absolute Gasteiger partial charge is 0.262 e. The first-order valence-electron chi connectivity index (χ1n) is 11.0. The molecule has 2 aromatic carbocycles. The molecule has 33 heavy (non-hydrogen) atoms. The number of amides is 3. The molecule has 2 aromatic rings. The number of rotatable bonds is 10. The highest BCUT2D eigenvalue weighted by atomic mass is 16.6. The summed E-state index contributed by atoms with van der Waals surface area (Å²) in [4.78, 5) is 45.1. The van der Waals surface area contributed by atoms with Gasteiger partial charge in [0.25, 0.3) is 11.8 Å². The molecule has 0 aliphatic carbocycles. The zero-order valence-corrected chi connectivity index (χ0v) is 19.3. The summed E-state index contributed by atoms with van der Waals surface area (Å²) in [6.07, 6.45) is 1.70. The molecule has 1 unspecified atom stereocenters. The number of hydrogen-bond donors (Lipinski definition) is 2. The number of hydrogen-bond acceptors (Lipinski definition) is 5. The number of imide groups is 1. The number of likely N-dealkylation sites (N-methyl/N-ethyl adjacent to an activating group) is 1. The minimum absolute atomic E-state index is 0.335. The van der Waals surface area contributed by atoms with Crippen molar-refractivity contribution in [2.75, 3.05) is 13.6 Å². The topological polar surface area (TPSA) is 100 Å². The van der Waals surface area contributed by atoms with E-state index in [0.717, 1.165) is 16.9 Å². The second-order valence-corrected chi connectivity index (χ2v) is 8.16. The SMILES string of the molecule is CNC(=O)C(C)(CCCCN/C(C)=N/OCc1ccccc1)N1C(=O)c2ccccc2C1=O. The van der Waals surface area contributed by atoms with Gasteiger partial charge >= 0.3 is 0 Å². The molecule has 0 spiro atoms. The molecule has 174 valence electrons. The Morgan fingerprint density at radius 3 is 2.21 bits per heavy atom. The molecule has 8 nitrogen and oxygen atoms in total. The van der Waals surface area contributed by atoms with Gasteiger partial charge in [-0.15, -0.1) is 0 Å². The Morgan fingerprint density at radius 1 is 1.00 bits per heavy atom. The van der Waals surface area contributed by atoms with Gasteiger partial charge in [-0.1, -0.05) is 47.6 Å². The summed E-state index contributed by atoms with van der Waals surface area (Å²) >= 11 is 0. The number of unbranched alkanes of at least 4 members (excludes halogenated alkanes) is 1. The molecule has 1 heterocycles. The minimum Gasteiger partial charge on any atom is -0.390 e. The highest BCUT2D eigenvalue weighted by molar-refractivity contribution is 6.23. The van der Waals surface area contributed by atoms with Crippen molar-refractivity contribution in [3.05, 3.63) is 71.3 Å². The normalized spacial score (nSPS) is 15.1. The van der Waals surface area contributed by atoms with Crippen LogP contribution in [0.4, 0.5) is 0 Å². The summed E-state index contributed by atoms with van der Waals surface area (Å²) in [6, 6.07) is 16.4. The number of benzene rings is 2. The van der Waals surface area contributed by atoms with E-state index < -0.39 is 17.4 Å². The van der Waals surface area contributed by atoms with E-state index in [-0.39, 0.29) is 5.91 Å². The standard InChI is InChI=1S/C25H30N4O4/c1-18(28-33-17-19-11-5-4-6-12-19)27-16-10-9-15-25(2,24(32)26-3)29-22(30)20-13-7-8-14-21(20)23(29)31/h4-8,11-14H,9-10,15-17H2,1-3H3,(H,26,32)(H,27,28). The van der Waals surface area contributed by atoms with Gasteiger partial charge in [-0.2, -0.15) is 0 Å². The fourth-order valence-corrected chi connectivity index (χ4v) is 3.91. The molecule has 0 fully saturated rings. The van der Waals surface area contributed by atoms with Crippen molar-refractivity contribution in [3.63, 3.8) is 0 Å². The average Bonchev–Trinajstić information content (AvgIpc) is 3.09. The molecule has 3 rings (SSSR count). The number of amidine groups is 1. The van der Waals surface area contributed by atoms with E-state index in [9.17, 15) is 14.4 Å². The van der Waals surface area contributed by atoms with Crippen LogP contribution in [0, 0.1) is 0 Å². The van der Waals surface area contributed by atoms with Crippen LogP contribution in [0.2, 0.25) is 0 Å². The predicted octanol–water partition coefficient (Wildman–Crippen LogP) is 3.10. The second kappa shape index (κ2) is 10.8. The highest BCUT2D eigenvalue weighted by Crippen LogP contribution is 2.32. The van der Waals surface area contributed by atoms with Crippen molar-refractivity contribution >= 4 is 23.6 Å². The van der Waals surface area contributed by atoms with Crippen molar-refractivity contribution in [2.24, 2.45) is 5.16 Å². The van der Waals surface area contributed by atoms with Gasteiger partial charge in [-0.3, -0.25) is 19.3 Å². The van der Waals surface area contributed by atoms with E-state index in [4.69, 9.17) is 4.84 Å². The van der Waals surface area contributed by atoms with Crippen LogP contribution in [0.3, 0.4) is 0 Å². The molecule has 0 radical (unpaired) electrons. The lowest BCUT2D eigenvalue weighted by atomic mass is 9.91. The Morgan fingerprint density at radius 2 is 1.61 bits per heavy atom. The minimum atomic E-state index is -1.27. The summed E-state index contributed by atoms with van der Waals surface area (Å²) in [5.74, 6) is -0.575. The number of nitrogens with one attached hydrogen (secondary N) is 2. The third-order valence-corrected chi connectivity index (χ3v) is 5.75. The first-order chi connectivity index (χ1) is 15.9. The summed E-state index contributed by atoms with van der Waals surface area (Å²) in [5, 5.41) is 9.84. The Labute approximate surface area is 194 Å². The number of fused-ring (bicyclic) bond motifs is 1. The van der Waals surface area contributed by atoms with E-state index in [1.807, 2.05) is 37.3 Å². The van der Waals surface area contributed by atoms with Gasteiger partial charge in [0.15, 0.2) is 0 Å². The summed E-state index contributed by atoms with van der Waals surface area (Å²) in [5.41, 5.74) is 0.433. The largest absolute Gasteiger partial charge is 0.390 e. The molecule has 1 aliphatic heterocycles. The maximum atomic E-state index is 12.9. The molecular weight excluding hydrogens is 420 g/mol. The van der Waals surface area contributed by atoms with Crippen molar-refractivity contribution in [1.29, 1.82) is 0 Å². The van der Waals surface area contributed by atoms with E-state index in [0.29, 0.717) is 43.0 Å². The lowest BCUT2D eigenvalue weighted by Crippen LogP contribution is -2.58. The number of oxime groups is 1. The Kier molecular flexibility index (Phi) is 7.82. The van der Waals surface area contributed by atoms with Gasteiger partial charge in [-0.25, -0.2) is 0 Å². The molecule has 3 amide bonds. The van der Waals surface area contributed by atoms with E-state index >= 15 is 0 Å². The van der Waals surface area contributed by atoms with Crippen LogP contribution >= 0.6 is 0 Å². The first-order valence-corrected chi connectivity index (χ1v) is 11.0. The molecule has 0 bridgehead atoms. The molecule has 1 aliphatic rings. The number of carbonyl (C=O) groups excluding carboxylic acids is 3. The molecule has 1 atom stereocenters. The lowest BCUT2D eigenvalue weighted by molar-refractivity contribution is -0.130. The fourth-order valence-electron chi connectivity index (χ4n) is 3.91. The van der Waals surface area contributed by atoms with Gasteiger partial charge in [0.2, 0.25) is 5.91 Å². The average molecular weight is 451 g/mol. The van der Waals surface area contributed by atoms with Gasteiger partial charge < -0.3 is 15.5 Å². The zero-order chi connectivity index (χ0) is 23.8. The third-order valence-electron chi connectivity index (χ3n) is 5.75. The van der Waals surface area contributed by atoms with Crippen LogP contribution in [0.15, 0.2) is 59.8 Å². The maximum absolute atomic E-state index is 12.9. The lowest BCUT2D eigenvalue weighted by Gasteiger charge is -2.35. The Balaban J connectivity index is 1.52. The van der Waals surface area contributed by atoms with Crippen LogP contribution in [-0.4, -0.2) is 47.6 Å². The highest BCUT2D eigenvalue weighted by Gasteiger charge is 2.49. The third kappa shape index (κ3) is 5.39. The quantitative estimate of drug-likeness (QED) is 0.191. The molecular formula is C25H30N4O4. The molecule has 0 saturated carbocycles. The van der Waals surface area contributed by atoms with Crippen LogP contribution in [0.5, 0.6) is 0 Å². The first kappa shape index (κ1) is 24.0. The molecule has 8 heteroatoms. The van der Waals surface area contributed by atoms with Crippen LogP contribution in [0.1, 0.15) is 59.4 Å². The van der Waals surface area contributed by atoms with Crippen LogP contribution in [0.25, 0.3) is 0 Å². The van der Waals surface area contributed by atoms with Crippen molar-refractivity contribution < 1.29 is 19.2 Å². The van der Waals surface area contributed by atoms with Gasteiger partial charge in [0.1, 0.15) is 18.0 Å². The zero-order valence-electron chi connectivity index (χ0n) is 19.3. The summed E-state index contributed by atoms with van der Waals surface area (Å²) in [7, 11) is 1.51. The fraction of sp³-hybridized carbons (Fsp3) is 0.360.